The molecule has 0 spiro atoms. The molecule has 0 unspecified atom stereocenters. The molecule has 14 heavy (non-hydrogen) atoms. The third kappa shape index (κ3) is 1.04. The first kappa shape index (κ1) is 8.62. The Labute approximate surface area is 80.1 Å². The summed E-state index contributed by atoms with van der Waals surface area (Å²) in [7, 11) is 0. The standard InChI is InChI=1S/C10H6NO3/c12-6-5-11-8-4-2-1-3-7(8)9(13)10(11)14/h1-4H,5H2. The number of carbonyl (C=O) groups is 2. The van der Waals surface area contributed by atoms with Crippen LogP contribution in [0.5, 0.6) is 0 Å². The van der Waals surface area contributed by atoms with Gasteiger partial charge in [-0.2, -0.15) is 0 Å². The van der Waals surface area contributed by atoms with E-state index in [1.165, 1.54) is 0 Å². The number of fused-ring (bicyclic) bond motifs is 1. The zero-order valence-electron chi connectivity index (χ0n) is 7.19. The highest BCUT2D eigenvalue weighted by Gasteiger charge is 2.34. The number of anilines is 1. The summed E-state index contributed by atoms with van der Waals surface area (Å²) in [4.78, 5) is 34.0. The number of amides is 1. The van der Waals surface area contributed by atoms with E-state index in [9.17, 15) is 14.4 Å². The molecular weight excluding hydrogens is 182 g/mol. The molecule has 0 saturated heterocycles. The van der Waals surface area contributed by atoms with Gasteiger partial charge in [-0.15, -0.1) is 0 Å². The van der Waals surface area contributed by atoms with Gasteiger partial charge in [-0.1, -0.05) is 12.1 Å². The summed E-state index contributed by atoms with van der Waals surface area (Å²) in [5, 5.41) is 0. The Morgan fingerprint density at radius 3 is 2.64 bits per heavy atom. The van der Waals surface area contributed by atoms with Gasteiger partial charge in [0.1, 0.15) is 0 Å². The van der Waals surface area contributed by atoms with E-state index in [-0.39, 0.29) is 6.54 Å². The fourth-order valence-electron chi connectivity index (χ4n) is 1.47. The third-order valence-corrected chi connectivity index (χ3v) is 2.10. The molecule has 1 aliphatic rings. The molecule has 0 atom stereocenters. The van der Waals surface area contributed by atoms with Gasteiger partial charge in [0, 0.05) is 0 Å². The Morgan fingerprint density at radius 2 is 1.93 bits per heavy atom. The van der Waals surface area contributed by atoms with Crippen molar-refractivity contribution in [1.82, 2.24) is 0 Å². The average Bonchev–Trinajstić information content (AvgIpc) is 2.45. The summed E-state index contributed by atoms with van der Waals surface area (Å²) in [5.41, 5.74) is 0.846. The van der Waals surface area contributed by atoms with E-state index in [4.69, 9.17) is 0 Å². The predicted octanol–water partition coefficient (Wildman–Crippen LogP) is 0.326. The average molecular weight is 188 g/mol. The number of ketones is 1. The molecule has 69 valence electrons. The Kier molecular flexibility index (Phi) is 1.89. The van der Waals surface area contributed by atoms with Gasteiger partial charge in [0.25, 0.3) is 11.7 Å². The van der Waals surface area contributed by atoms with Crippen LogP contribution in [0.2, 0.25) is 0 Å². The lowest BCUT2D eigenvalue weighted by atomic mass is 10.1. The van der Waals surface area contributed by atoms with E-state index in [0.29, 0.717) is 11.3 Å². The second kappa shape index (κ2) is 3.06. The van der Waals surface area contributed by atoms with E-state index < -0.39 is 11.7 Å². The van der Waals surface area contributed by atoms with Crippen LogP contribution in [0.3, 0.4) is 0 Å². The Bertz CT molecular complexity index is 425. The molecule has 0 saturated carbocycles. The topological polar surface area (TPSA) is 54.5 Å². The minimum absolute atomic E-state index is 0.193. The van der Waals surface area contributed by atoms with Crippen molar-refractivity contribution in [2.24, 2.45) is 0 Å². The van der Waals surface area contributed by atoms with Crippen LogP contribution in [0.15, 0.2) is 24.3 Å². The molecule has 4 heteroatoms. The molecule has 1 aromatic rings. The molecule has 2 rings (SSSR count). The molecule has 0 aliphatic carbocycles. The first-order valence-corrected chi connectivity index (χ1v) is 4.06. The van der Waals surface area contributed by atoms with E-state index in [1.54, 1.807) is 30.6 Å². The Hall–Kier alpha value is -1.97. The lowest BCUT2D eigenvalue weighted by Gasteiger charge is -2.10. The summed E-state index contributed by atoms with van der Waals surface area (Å²) in [6.45, 7) is -0.193. The van der Waals surface area contributed by atoms with Crippen LogP contribution in [-0.4, -0.2) is 24.5 Å². The number of nitrogens with zero attached hydrogens (tertiary/aromatic N) is 1. The number of rotatable bonds is 2. The Morgan fingerprint density at radius 1 is 1.21 bits per heavy atom. The second-order valence-corrected chi connectivity index (χ2v) is 2.88. The van der Waals surface area contributed by atoms with Crippen LogP contribution in [0.4, 0.5) is 5.69 Å². The highest BCUT2D eigenvalue weighted by atomic mass is 16.2. The van der Waals surface area contributed by atoms with Gasteiger partial charge in [0.2, 0.25) is 6.29 Å². The third-order valence-electron chi connectivity index (χ3n) is 2.10. The van der Waals surface area contributed by atoms with E-state index >= 15 is 0 Å². The Balaban J connectivity index is 2.52. The van der Waals surface area contributed by atoms with Crippen molar-refractivity contribution in [3.8, 4) is 0 Å². The molecule has 1 aromatic carbocycles. The van der Waals surface area contributed by atoms with Crippen molar-refractivity contribution in [3.63, 3.8) is 0 Å². The first-order chi connectivity index (χ1) is 6.75. The molecule has 1 heterocycles. The molecule has 0 fully saturated rings. The van der Waals surface area contributed by atoms with Gasteiger partial charge >= 0.3 is 0 Å². The van der Waals surface area contributed by atoms with E-state index in [1.807, 2.05) is 0 Å². The van der Waals surface area contributed by atoms with Crippen LogP contribution in [0.25, 0.3) is 0 Å². The molecule has 1 amide bonds. The zero-order valence-corrected chi connectivity index (χ0v) is 7.19. The maximum atomic E-state index is 11.4. The van der Waals surface area contributed by atoms with Crippen LogP contribution in [-0.2, 0) is 9.59 Å². The van der Waals surface area contributed by atoms with Crippen molar-refractivity contribution < 1.29 is 14.4 Å². The van der Waals surface area contributed by atoms with Gasteiger partial charge in [0.05, 0.1) is 17.8 Å². The van der Waals surface area contributed by atoms with Crippen LogP contribution in [0, 0.1) is 0 Å². The summed E-state index contributed by atoms with van der Waals surface area (Å²) in [6, 6.07) is 6.59. The predicted molar refractivity (Wildman–Crippen MR) is 48.8 cm³/mol. The summed E-state index contributed by atoms with van der Waals surface area (Å²) in [5.74, 6) is -1.22. The monoisotopic (exact) mass is 188 g/mol. The van der Waals surface area contributed by atoms with Crippen molar-refractivity contribution in [1.29, 1.82) is 0 Å². The highest BCUT2D eigenvalue weighted by molar-refractivity contribution is 6.52. The number of carbonyl (C=O) groups excluding carboxylic acids is 3. The first-order valence-electron chi connectivity index (χ1n) is 4.06. The highest BCUT2D eigenvalue weighted by Crippen LogP contribution is 2.27. The number of hydrogen-bond donors (Lipinski definition) is 0. The number of hydrogen-bond acceptors (Lipinski definition) is 3. The minimum Gasteiger partial charge on any atom is -0.297 e. The molecular formula is C10H6NO3. The maximum absolute atomic E-state index is 11.4. The molecule has 0 N–H and O–H groups in total. The molecule has 0 bridgehead atoms. The molecule has 1 aliphatic heterocycles. The SMILES string of the molecule is O=[C]CN1C(=O)C(=O)c2ccccc21. The largest absolute Gasteiger partial charge is 0.299 e. The normalized spacial score (nSPS) is 14.4. The summed E-state index contributed by atoms with van der Waals surface area (Å²) < 4.78 is 0. The molecule has 1 radical (unpaired) electrons. The maximum Gasteiger partial charge on any atom is 0.299 e. The quantitative estimate of drug-likeness (QED) is 0.628. The van der Waals surface area contributed by atoms with Crippen LogP contribution >= 0.6 is 0 Å². The molecule has 0 aromatic heterocycles. The van der Waals surface area contributed by atoms with Gasteiger partial charge in [-0.05, 0) is 12.1 Å². The minimum atomic E-state index is -0.658. The van der Waals surface area contributed by atoms with Gasteiger partial charge in [0.15, 0.2) is 0 Å². The number of benzene rings is 1. The van der Waals surface area contributed by atoms with Crippen LogP contribution < -0.4 is 4.90 Å². The fraction of sp³-hybridized carbons (Fsp3) is 0.100. The van der Waals surface area contributed by atoms with Crippen molar-refractivity contribution in [3.05, 3.63) is 29.8 Å². The number of para-hydroxylation sites is 1. The fourth-order valence-corrected chi connectivity index (χ4v) is 1.47. The smallest absolute Gasteiger partial charge is 0.297 e. The van der Waals surface area contributed by atoms with Crippen molar-refractivity contribution in [2.75, 3.05) is 11.4 Å². The summed E-state index contributed by atoms with van der Waals surface area (Å²) >= 11 is 0. The lowest BCUT2D eigenvalue weighted by molar-refractivity contribution is -0.114. The van der Waals surface area contributed by atoms with Crippen molar-refractivity contribution >= 4 is 23.7 Å². The molecule has 4 nitrogen and oxygen atoms in total. The van der Waals surface area contributed by atoms with Crippen LogP contribution in [0.1, 0.15) is 10.4 Å². The number of Topliss-reactive ketones (excluding diaryl/α,β-unsaturated/α-hetero) is 1. The van der Waals surface area contributed by atoms with Gasteiger partial charge < -0.3 is 0 Å². The summed E-state index contributed by atoms with van der Waals surface area (Å²) in [6.07, 6.45) is 1.60. The zero-order chi connectivity index (χ0) is 10.1. The van der Waals surface area contributed by atoms with Gasteiger partial charge in [-0.3, -0.25) is 19.3 Å². The van der Waals surface area contributed by atoms with E-state index in [2.05, 4.69) is 0 Å². The van der Waals surface area contributed by atoms with Crippen molar-refractivity contribution in [2.45, 2.75) is 0 Å². The van der Waals surface area contributed by atoms with E-state index in [0.717, 1.165) is 4.90 Å². The lowest BCUT2D eigenvalue weighted by Crippen LogP contribution is -2.31. The second-order valence-electron chi connectivity index (χ2n) is 2.88. The van der Waals surface area contributed by atoms with Gasteiger partial charge in [-0.25, -0.2) is 0 Å².